The number of halogens is 2. The molecule has 0 aliphatic rings. The molecule has 4 nitrogen and oxygen atoms in total. The number of carbonyl (C=O) groups excluding carboxylic acids is 1. The molecule has 2 aromatic rings. The Morgan fingerprint density at radius 3 is 2.83 bits per heavy atom. The van der Waals surface area contributed by atoms with Gasteiger partial charge in [0, 0.05) is 11.2 Å². The van der Waals surface area contributed by atoms with Crippen LogP contribution in [-0.4, -0.2) is 15.9 Å². The van der Waals surface area contributed by atoms with Gasteiger partial charge in [0.15, 0.2) is 0 Å². The Hall–Kier alpha value is -1.65. The van der Waals surface area contributed by atoms with Crippen molar-refractivity contribution in [1.82, 2.24) is 9.97 Å². The van der Waals surface area contributed by atoms with Crippen LogP contribution in [0.15, 0.2) is 36.5 Å². The summed E-state index contributed by atoms with van der Waals surface area (Å²) in [5, 5.41) is 3.33. The van der Waals surface area contributed by atoms with Gasteiger partial charge < -0.3 is 5.32 Å². The van der Waals surface area contributed by atoms with Gasteiger partial charge in [-0.15, -0.1) is 0 Å². The molecular formula is C12H9Cl2N3O. The van der Waals surface area contributed by atoms with E-state index in [0.29, 0.717) is 10.8 Å². The number of aromatic nitrogens is 2. The lowest BCUT2D eigenvalue weighted by molar-refractivity contribution is -0.115. The highest BCUT2D eigenvalue weighted by Crippen LogP contribution is 2.12. The topological polar surface area (TPSA) is 54.9 Å². The maximum absolute atomic E-state index is 11.7. The maximum Gasteiger partial charge on any atom is 0.229 e. The SMILES string of the molecule is O=C(Cc1cccc(Cl)c1)Nc1ccnc(Cl)n1. The molecule has 0 unspecified atom stereocenters. The minimum Gasteiger partial charge on any atom is -0.310 e. The van der Waals surface area contributed by atoms with E-state index in [4.69, 9.17) is 23.2 Å². The summed E-state index contributed by atoms with van der Waals surface area (Å²) in [5.74, 6) is 0.189. The number of hydrogen-bond acceptors (Lipinski definition) is 3. The first-order chi connectivity index (χ1) is 8.63. The predicted octanol–water partition coefficient (Wildman–Crippen LogP) is 2.96. The van der Waals surface area contributed by atoms with E-state index in [-0.39, 0.29) is 17.6 Å². The molecule has 0 bridgehead atoms. The number of amides is 1. The fraction of sp³-hybridized carbons (Fsp3) is 0.0833. The van der Waals surface area contributed by atoms with Gasteiger partial charge in [0.05, 0.1) is 6.42 Å². The van der Waals surface area contributed by atoms with E-state index in [1.54, 1.807) is 24.3 Å². The third-order valence-corrected chi connectivity index (χ3v) is 2.56. The molecule has 0 aliphatic heterocycles. The maximum atomic E-state index is 11.7. The van der Waals surface area contributed by atoms with E-state index in [1.807, 2.05) is 6.07 Å². The van der Waals surface area contributed by atoms with Crippen LogP contribution in [0.4, 0.5) is 5.82 Å². The molecule has 1 aromatic heterocycles. The summed E-state index contributed by atoms with van der Waals surface area (Å²) in [5.41, 5.74) is 0.833. The molecule has 0 radical (unpaired) electrons. The molecule has 0 saturated carbocycles. The molecule has 0 atom stereocenters. The summed E-state index contributed by atoms with van der Waals surface area (Å²) in [6.07, 6.45) is 1.70. The predicted molar refractivity (Wildman–Crippen MR) is 70.8 cm³/mol. The summed E-state index contributed by atoms with van der Waals surface area (Å²) < 4.78 is 0. The average molecular weight is 282 g/mol. The Balaban J connectivity index is 2.01. The molecule has 0 spiro atoms. The Labute approximate surface area is 114 Å². The largest absolute Gasteiger partial charge is 0.310 e. The molecule has 1 amide bonds. The molecule has 6 heteroatoms. The minimum atomic E-state index is -0.188. The van der Waals surface area contributed by atoms with Crippen molar-refractivity contribution in [3.63, 3.8) is 0 Å². The van der Waals surface area contributed by atoms with Gasteiger partial charge in [0.2, 0.25) is 11.2 Å². The van der Waals surface area contributed by atoms with Gasteiger partial charge in [-0.05, 0) is 35.4 Å². The van der Waals surface area contributed by atoms with Gasteiger partial charge in [0.1, 0.15) is 5.82 Å². The van der Waals surface area contributed by atoms with E-state index in [1.165, 1.54) is 6.20 Å². The minimum absolute atomic E-state index is 0.0931. The van der Waals surface area contributed by atoms with Gasteiger partial charge in [-0.3, -0.25) is 4.79 Å². The fourth-order valence-electron chi connectivity index (χ4n) is 1.42. The van der Waals surface area contributed by atoms with Crippen molar-refractivity contribution >= 4 is 34.9 Å². The lowest BCUT2D eigenvalue weighted by Crippen LogP contribution is -2.15. The second-order valence-corrected chi connectivity index (χ2v) is 4.34. The number of hydrogen-bond donors (Lipinski definition) is 1. The highest BCUT2D eigenvalue weighted by molar-refractivity contribution is 6.30. The first kappa shape index (κ1) is 12.8. The smallest absolute Gasteiger partial charge is 0.229 e. The second kappa shape index (κ2) is 5.80. The highest BCUT2D eigenvalue weighted by Gasteiger charge is 2.05. The van der Waals surface area contributed by atoms with Gasteiger partial charge in [-0.2, -0.15) is 0 Å². The van der Waals surface area contributed by atoms with Crippen molar-refractivity contribution < 1.29 is 4.79 Å². The first-order valence-corrected chi connectivity index (χ1v) is 5.92. The Bertz CT molecular complexity index is 525. The van der Waals surface area contributed by atoms with E-state index < -0.39 is 0 Å². The van der Waals surface area contributed by atoms with Crippen molar-refractivity contribution in [3.8, 4) is 0 Å². The molecule has 0 saturated heterocycles. The van der Waals surface area contributed by atoms with Gasteiger partial charge in [0.25, 0.3) is 0 Å². The molecule has 1 N–H and O–H groups in total. The number of benzene rings is 1. The zero-order chi connectivity index (χ0) is 13.0. The lowest BCUT2D eigenvalue weighted by atomic mass is 10.1. The first-order valence-electron chi connectivity index (χ1n) is 5.16. The van der Waals surface area contributed by atoms with Crippen LogP contribution in [-0.2, 0) is 11.2 Å². The Kier molecular flexibility index (Phi) is 4.12. The summed E-state index contributed by atoms with van der Waals surface area (Å²) in [6, 6.07) is 8.70. The monoisotopic (exact) mass is 281 g/mol. The van der Waals surface area contributed by atoms with Gasteiger partial charge >= 0.3 is 0 Å². The molecule has 1 heterocycles. The lowest BCUT2D eigenvalue weighted by Gasteiger charge is -2.04. The van der Waals surface area contributed by atoms with Gasteiger partial charge in [-0.1, -0.05) is 23.7 Å². The summed E-state index contributed by atoms with van der Waals surface area (Å²) >= 11 is 11.5. The van der Waals surface area contributed by atoms with E-state index in [0.717, 1.165) is 5.56 Å². The van der Waals surface area contributed by atoms with Crippen LogP contribution in [0, 0.1) is 0 Å². The third-order valence-electron chi connectivity index (χ3n) is 2.15. The van der Waals surface area contributed by atoms with E-state index in [2.05, 4.69) is 15.3 Å². The molecule has 0 aliphatic carbocycles. The highest BCUT2D eigenvalue weighted by atomic mass is 35.5. The van der Waals surface area contributed by atoms with Crippen LogP contribution >= 0.6 is 23.2 Å². The average Bonchev–Trinajstić information content (AvgIpc) is 2.28. The van der Waals surface area contributed by atoms with Crippen LogP contribution in [0.5, 0.6) is 0 Å². The van der Waals surface area contributed by atoms with Crippen LogP contribution in [0.3, 0.4) is 0 Å². The fourth-order valence-corrected chi connectivity index (χ4v) is 1.78. The quantitative estimate of drug-likeness (QED) is 0.880. The number of carbonyl (C=O) groups is 1. The molecular weight excluding hydrogens is 273 g/mol. The molecule has 0 fully saturated rings. The Morgan fingerprint density at radius 1 is 1.28 bits per heavy atom. The number of nitrogens with one attached hydrogen (secondary N) is 1. The number of rotatable bonds is 3. The van der Waals surface area contributed by atoms with Crippen molar-refractivity contribution in [2.75, 3.05) is 5.32 Å². The number of anilines is 1. The molecule has 18 heavy (non-hydrogen) atoms. The molecule has 2 rings (SSSR count). The zero-order valence-corrected chi connectivity index (χ0v) is 10.7. The summed E-state index contributed by atoms with van der Waals surface area (Å²) in [4.78, 5) is 19.3. The van der Waals surface area contributed by atoms with Crippen LogP contribution in [0.1, 0.15) is 5.56 Å². The van der Waals surface area contributed by atoms with Gasteiger partial charge in [-0.25, -0.2) is 9.97 Å². The van der Waals surface area contributed by atoms with Crippen molar-refractivity contribution in [2.24, 2.45) is 0 Å². The second-order valence-electron chi connectivity index (χ2n) is 3.57. The van der Waals surface area contributed by atoms with Crippen LogP contribution in [0.2, 0.25) is 10.3 Å². The number of nitrogens with zero attached hydrogens (tertiary/aromatic N) is 2. The standard InChI is InChI=1S/C12H9Cl2N3O/c13-9-3-1-2-8(6-9)7-11(18)16-10-4-5-15-12(14)17-10/h1-6H,7H2,(H,15,16,17,18). The molecule has 1 aromatic carbocycles. The summed E-state index contributed by atoms with van der Waals surface area (Å²) in [6.45, 7) is 0. The Morgan fingerprint density at radius 2 is 2.11 bits per heavy atom. The third kappa shape index (κ3) is 3.68. The van der Waals surface area contributed by atoms with Crippen molar-refractivity contribution in [3.05, 3.63) is 52.4 Å². The van der Waals surface area contributed by atoms with Crippen molar-refractivity contribution in [2.45, 2.75) is 6.42 Å². The van der Waals surface area contributed by atoms with Crippen LogP contribution < -0.4 is 5.32 Å². The summed E-state index contributed by atoms with van der Waals surface area (Å²) in [7, 11) is 0. The van der Waals surface area contributed by atoms with Crippen LogP contribution in [0.25, 0.3) is 0 Å². The molecule has 92 valence electrons. The van der Waals surface area contributed by atoms with E-state index in [9.17, 15) is 4.79 Å². The normalized spacial score (nSPS) is 10.1. The van der Waals surface area contributed by atoms with E-state index >= 15 is 0 Å². The zero-order valence-electron chi connectivity index (χ0n) is 9.23. The van der Waals surface area contributed by atoms with Crippen molar-refractivity contribution in [1.29, 1.82) is 0 Å².